The van der Waals surface area contributed by atoms with Gasteiger partial charge in [0.2, 0.25) is 18.6 Å². The van der Waals surface area contributed by atoms with E-state index in [9.17, 15) is 9.59 Å². The summed E-state index contributed by atoms with van der Waals surface area (Å²) in [5.41, 5.74) is 7.53. The molecule has 2 amide bonds. The van der Waals surface area contributed by atoms with Crippen molar-refractivity contribution in [2.75, 3.05) is 32.2 Å². The first kappa shape index (κ1) is 23.8. The molecule has 1 saturated heterocycles. The molecular formula is C24H26N6O5S. The molecule has 0 saturated carbocycles. The van der Waals surface area contributed by atoms with E-state index in [0.717, 1.165) is 13.0 Å². The lowest BCUT2D eigenvalue weighted by atomic mass is 10.0. The zero-order valence-electron chi connectivity index (χ0n) is 19.9. The third kappa shape index (κ3) is 4.89. The highest BCUT2D eigenvalue weighted by atomic mass is 32.1. The molecule has 4 heterocycles. The van der Waals surface area contributed by atoms with Gasteiger partial charge >= 0.3 is 0 Å². The fourth-order valence-electron chi connectivity index (χ4n) is 4.04. The van der Waals surface area contributed by atoms with Gasteiger partial charge in [-0.15, -0.1) is 11.3 Å². The number of likely N-dealkylation sites (tertiary alicyclic amines) is 1. The third-order valence-electron chi connectivity index (χ3n) is 5.70. The summed E-state index contributed by atoms with van der Waals surface area (Å²) in [6.07, 6.45) is 1.42. The molecule has 1 aromatic carbocycles. The molecule has 2 aliphatic rings. The molecule has 3 N–H and O–H groups in total. The Morgan fingerprint density at radius 1 is 1.28 bits per heavy atom. The van der Waals surface area contributed by atoms with Gasteiger partial charge in [-0.3, -0.25) is 9.59 Å². The summed E-state index contributed by atoms with van der Waals surface area (Å²) in [6, 6.07) is 7.12. The highest BCUT2D eigenvalue weighted by Gasteiger charge is 2.23. The van der Waals surface area contributed by atoms with Crippen LogP contribution in [0.1, 0.15) is 47.6 Å². The van der Waals surface area contributed by atoms with Crippen LogP contribution in [0.15, 0.2) is 29.4 Å². The maximum atomic E-state index is 12.7. The molecule has 0 radical (unpaired) electrons. The van der Waals surface area contributed by atoms with Crippen LogP contribution >= 0.6 is 11.3 Å². The number of nitrogens with zero attached hydrogens (tertiary/aromatic N) is 4. The Balaban J connectivity index is 1.52. The number of nitrogen functional groups attached to an aromatic ring is 1. The number of anilines is 1. The van der Waals surface area contributed by atoms with Gasteiger partial charge in [0.25, 0.3) is 5.91 Å². The summed E-state index contributed by atoms with van der Waals surface area (Å²) in [5.74, 6) is 1.16. The molecule has 1 fully saturated rings. The van der Waals surface area contributed by atoms with Crippen molar-refractivity contribution in [1.82, 2.24) is 20.2 Å². The number of aromatic nitrogens is 2. The lowest BCUT2D eigenvalue weighted by Gasteiger charge is -2.14. The van der Waals surface area contributed by atoms with Crippen LogP contribution in [-0.4, -0.2) is 64.9 Å². The predicted octanol–water partition coefficient (Wildman–Crippen LogP) is 2.53. The van der Waals surface area contributed by atoms with E-state index in [1.165, 1.54) is 11.3 Å². The van der Waals surface area contributed by atoms with Crippen LogP contribution in [0.4, 0.5) is 5.95 Å². The summed E-state index contributed by atoms with van der Waals surface area (Å²) in [4.78, 5) is 41.8. The normalized spacial score (nSPS) is 15.2. The second-order valence-electron chi connectivity index (χ2n) is 8.71. The molecule has 2 aliphatic heterocycles. The molecule has 0 spiro atoms. The largest absolute Gasteiger partial charge is 0.454 e. The van der Waals surface area contributed by atoms with Gasteiger partial charge in [-0.1, -0.05) is 5.16 Å². The first-order valence-corrected chi connectivity index (χ1v) is 12.5. The van der Waals surface area contributed by atoms with Gasteiger partial charge in [-0.05, 0) is 44.5 Å². The van der Waals surface area contributed by atoms with Gasteiger partial charge in [-0.25, -0.2) is 9.97 Å². The van der Waals surface area contributed by atoms with E-state index in [4.69, 9.17) is 20.0 Å². The molecule has 12 heteroatoms. The average molecular weight is 511 g/mol. The molecule has 0 bridgehead atoms. The topological polar surface area (TPSA) is 141 Å². The van der Waals surface area contributed by atoms with Gasteiger partial charge in [0.05, 0.1) is 11.4 Å². The molecule has 0 unspecified atom stereocenters. The molecule has 11 nitrogen and oxygen atoms in total. The van der Waals surface area contributed by atoms with Crippen molar-refractivity contribution in [3.63, 3.8) is 0 Å². The molecule has 0 atom stereocenters. The Hall–Kier alpha value is -3.93. The Morgan fingerprint density at radius 2 is 2.11 bits per heavy atom. The van der Waals surface area contributed by atoms with Crippen molar-refractivity contribution in [3.05, 3.63) is 40.4 Å². The van der Waals surface area contributed by atoms with Crippen LogP contribution in [0.2, 0.25) is 0 Å². The summed E-state index contributed by atoms with van der Waals surface area (Å²) in [5, 5.41) is 7.92. The van der Waals surface area contributed by atoms with Crippen molar-refractivity contribution in [1.29, 1.82) is 0 Å². The van der Waals surface area contributed by atoms with Crippen molar-refractivity contribution < 1.29 is 23.9 Å². The summed E-state index contributed by atoms with van der Waals surface area (Å²) < 4.78 is 11.0. The Morgan fingerprint density at radius 3 is 2.89 bits per heavy atom. The number of oxime groups is 1. The Bertz CT molecular complexity index is 1350. The van der Waals surface area contributed by atoms with E-state index < -0.39 is 0 Å². The minimum Gasteiger partial charge on any atom is -0.454 e. The van der Waals surface area contributed by atoms with Crippen LogP contribution in [-0.2, 0) is 9.63 Å². The number of hydrogen-bond acceptors (Lipinski definition) is 10. The minimum atomic E-state index is -0.203. The predicted molar refractivity (Wildman–Crippen MR) is 134 cm³/mol. The van der Waals surface area contributed by atoms with E-state index in [1.807, 2.05) is 19.9 Å². The number of thiophene rings is 1. The Labute approximate surface area is 211 Å². The van der Waals surface area contributed by atoms with Gasteiger partial charge in [-0.2, -0.15) is 0 Å². The maximum Gasteiger partial charge on any atom is 0.261 e. The highest BCUT2D eigenvalue weighted by Crippen LogP contribution is 2.34. The van der Waals surface area contributed by atoms with E-state index in [0.29, 0.717) is 56.5 Å². The quantitative estimate of drug-likeness (QED) is 0.268. The monoisotopic (exact) mass is 510 g/mol. The smallest absolute Gasteiger partial charge is 0.261 e. The van der Waals surface area contributed by atoms with Crippen molar-refractivity contribution in [2.24, 2.45) is 5.16 Å². The first-order valence-electron chi connectivity index (χ1n) is 11.6. The van der Waals surface area contributed by atoms with Crippen LogP contribution in [0.3, 0.4) is 0 Å². The minimum absolute atomic E-state index is 0.0139. The van der Waals surface area contributed by atoms with Crippen LogP contribution in [0, 0.1) is 0 Å². The van der Waals surface area contributed by atoms with E-state index in [1.54, 1.807) is 23.1 Å². The third-order valence-corrected chi connectivity index (χ3v) is 6.73. The lowest BCUT2D eigenvalue weighted by Crippen LogP contribution is -2.29. The summed E-state index contributed by atoms with van der Waals surface area (Å²) >= 11 is 1.23. The van der Waals surface area contributed by atoms with Gasteiger partial charge < -0.3 is 30.3 Å². The van der Waals surface area contributed by atoms with Crippen LogP contribution in [0.5, 0.6) is 11.5 Å². The molecule has 5 rings (SSSR count). The van der Waals surface area contributed by atoms with Crippen molar-refractivity contribution in [2.45, 2.75) is 32.7 Å². The Kier molecular flexibility index (Phi) is 6.59. The number of rotatable bonds is 8. The standard InChI is InChI=1S/C24H26N6O5S/c1-13(2)26-22(32)18-11-15-21(27-24(25)28-23(15)36-18)20(14-5-6-16-17(10-14)34-12-33-16)29-35-9-8-30-7-3-4-19(30)31/h5-6,10-11,13H,3-4,7-9,12H2,1-2H3,(H,26,32)(H2,25,27,28)/b29-20-. The summed E-state index contributed by atoms with van der Waals surface area (Å²) in [7, 11) is 0. The second kappa shape index (κ2) is 9.97. The zero-order valence-corrected chi connectivity index (χ0v) is 20.8. The number of amides is 2. The van der Waals surface area contributed by atoms with Crippen LogP contribution in [0.25, 0.3) is 10.2 Å². The number of ether oxygens (including phenoxy) is 2. The molecule has 0 aliphatic carbocycles. The van der Waals surface area contributed by atoms with Gasteiger partial charge in [0.15, 0.2) is 11.5 Å². The van der Waals surface area contributed by atoms with Crippen molar-refractivity contribution in [3.8, 4) is 11.5 Å². The fraction of sp³-hybridized carbons (Fsp3) is 0.375. The number of benzene rings is 1. The molecule has 36 heavy (non-hydrogen) atoms. The number of carbonyl (C=O) groups excluding carboxylic acids is 2. The van der Waals surface area contributed by atoms with Crippen molar-refractivity contribution >= 4 is 45.0 Å². The number of carbonyl (C=O) groups is 2. The van der Waals surface area contributed by atoms with Crippen LogP contribution < -0.4 is 20.5 Å². The van der Waals surface area contributed by atoms with Gasteiger partial charge in [0, 0.05) is 30.0 Å². The fourth-order valence-corrected chi connectivity index (χ4v) is 4.98. The lowest BCUT2D eigenvalue weighted by molar-refractivity contribution is -0.128. The molecular weight excluding hydrogens is 484 g/mol. The second-order valence-corrected chi connectivity index (χ2v) is 9.74. The molecule has 3 aromatic rings. The van der Waals surface area contributed by atoms with E-state index in [-0.39, 0.29) is 37.2 Å². The zero-order chi connectivity index (χ0) is 25.2. The average Bonchev–Trinajstić information content (AvgIpc) is 3.57. The maximum absolute atomic E-state index is 12.7. The summed E-state index contributed by atoms with van der Waals surface area (Å²) in [6.45, 7) is 5.30. The number of fused-ring (bicyclic) bond motifs is 2. The number of hydrogen-bond donors (Lipinski definition) is 2. The van der Waals surface area contributed by atoms with Gasteiger partial charge in [0.1, 0.15) is 22.8 Å². The molecule has 2 aromatic heterocycles. The number of nitrogens with two attached hydrogens (primary N) is 1. The van der Waals surface area contributed by atoms with E-state index >= 15 is 0 Å². The van der Waals surface area contributed by atoms with E-state index in [2.05, 4.69) is 20.4 Å². The molecule has 188 valence electrons. The first-order chi connectivity index (χ1) is 17.4. The number of nitrogens with one attached hydrogen (secondary N) is 1. The highest BCUT2D eigenvalue weighted by molar-refractivity contribution is 7.20. The SMILES string of the molecule is CC(C)NC(=O)c1cc2c(/C(=N\OCCN3CCCC3=O)c3ccc4c(c3)OCO4)nc(N)nc2s1.